The van der Waals surface area contributed by atoms with E-state index in [-0.39, 0.29) is 0 Å². The zero-order chi connectivity index (χ0) is 44.5. The lowest BCUT2D eigenvalue weighted by Gasteiger charge is -2.27. The highest BCUT2D eigenvalue weighted by Crippen LogP contribution is 2.17. The average molecular weight is 862 g/mol. The van der Waals surface area contributed by atoms with Crippen molar-refractivity contribution < 1.29 is 25.2 Å². The molecule has 0 heterocycles. The second-order valence-corrected chi connectivity index (χ2v) is 18.9. The van der Waals surface area contributed by atoms with Crippen LogP contribution in [0.3, 0.4) is 0 Å². The van der Waals surface area contributed by atoms with Crippen molar-refractivity contribution in [2.24, 2.45) is 0 Å². The Morgan fingerprint density at radius 2 is 0.689 bits per heavy atom. The van der Waals surface area contributed by atoms with Gasteiger partial charge in [0.25, 0.3) is 0 Å². The number of rotatable bonds is 50. The smallest absolute Gasteiger partial charge is 0.249 e. The lowest BCUT2D eigenvalue weighted by atomic mass is 10.00. The van der Waals surface area contributed by atoms with Crippen molar-refractivity contribution in [2.45, 2.75) is 314 Å². The van der Waals surface area contributed by atoms with Gasteiger partial charge in [-0.1, -0.05) is 263 Å². The molecule has 0 fully saturated rings. The van der Waals surface area contributed by atoms with Gasteiger partial charge in [0.1, 0.15) is 12.2 Å². The first-order valence-electron chi connectivity index (χ1n) is 27.2. The zero-order valence-corrected chi connectivity index (χ0v) is 40.9. The lowest BCUT2D eigenvalue weighted by Crippen LogP contribution is -2.53. The van der Waals surface area contributed by atoms with Gasteiger partial charge in [-0.15, -0.1) is 0 Å². The molecule has 0 spiro atoms. The van der Waals surface area contributed by atoms with Crippen LogP contribution in [0.2, 0.25) is 0 Å². The molecule has 61 heavy (non-hydrogen) atoms. The van der Waals surface area contributed by atoms with E-state index in [0.29, 0.717) is 19.3 Å². The van der Waals surface area contributed by atoms with E-state index in [0.717, 1.165) is 38.5 Å². The topological polar surface area (TPSA) is 110 Å². The molecular formula is C55H107NO5. The van der Waals surface area contributed by atoms with Gasteiger partial charge in [0.05, 0.1) is 18.8 Å². The van der Waals surface area contributed by atoms with E-state index in [2.05, 4.69) is 43.5 Å². The van der Waals surface area contributed by atoms with E-state index in [1.165, 1.54) is 218 Å². The van der Waals surface area contributed by atoms with Crippen LogP contribution >= 0.6 is 0 Å². The zero-order valence-electron chi connectivity index (χ0n) is 40.9. The molecule has 6 heteroatoms. The van der Waals surface area contributed by atoms with E-state index >= 15 is 0 Å². The number of aliphatic hydroxyl groups is 4. The number of hydrogen-bond donors (Lipinski definition) is 5. The predicted octanol–water partition coefficient (Wildman–Crippen LogP) is 15.5. The molecule has 0 rings (SSSR count). The van der Waals surface area contributed by atoms with Crippen LogP contribution in [0.25, 0.3) is 0 Å². The van der Waals surface area contributed by atoms with E-state index in [1.807, 2.05) is 0 Å². The predicted molar refractivity (Wildman–Crippen MR) is 265 cm³/mol. The third-order valence-electron chi connectivity index (χ3n) is 12.9. The van der Waals surface area contributed by atoms with Crippen LogP contribution < -0.4 is 5.32 Å². The summed E-state index contributed by atoms with van der Waals surface area (Å²) in [7, 11) is 0. The summed E-state index contributed by atoms with van der Waals surface area (Å²) in [5.74, 6) is -0.594. The van der Waals surface area contributed by atoms with Crippen molar-refractivity contribution in [3.05, 3.63) is 24.3 Å². The minimum absolute atomic E-state index is 0.364. The number of allylic oxidation sites excluding steroid dienone is 4. The van der Waals surface area contributed by atoms with Gasteiger partial charge in [-0.3, -0.25) is 4.79 Å². The van der Waals surface area contributed by atoms with Crippen molar-refractivity contribution in [3.63, 3.8) is 0 Å². The lowest BCUT2D eigenvalue weighted by molar-refractivity contribution is -0.132. The molecule has 0 saturated heterocycles. The van der Waals surface area contributed by atoms with Gasteiger partial charge in [0.15, 0.2) is 0 Å². The fourth-order valence-corrected chi connectivity index (χ4v) is 8.60. The molecule has 0 bridgehead atoms. The van der Waals surface area contributed by atoms with Crippen molar-refractivity contribution in [1.29, 1.82) is 0 Å². The third kappa shape index (κ3) is 43.8. The van der Waals surface area contributed by atoms with Crippen LogP contribution in [0.1, 0.15) is 290 Å². The Balaban J connectivity index is 3.65. The Kier molecular flexibility index (Phi) is 48.8. The number of nitrogens with one attached hydrogen (secondary N) is 1. The number of aliphatic hydroxyl groups excluding tert-OH is 4. The van der Waals surface area contributed by atoms with Crippen molar-refractivity contribution in [2.75, 3.05) is 6.61 Å². The molecule has 0 saturated carbocycles. The van der Waals surface area contributed by atoms with Crippen LogP contribution in [0.4, 0.5) is 0 Å². The maximum absolute atomic E-state index is 12.5. The highest BCUT2D eigenvalue weighted by atomic mass is 16.3. The standard InChI is InChI=1S/C55H107NO5/c1-3-5-7-9-11-13-15-17-19-20-21-22-23-24-25-26-27-28-29-30-31-32-33-35-36-38-40-42-44-46-48-52(58)54(60)51(50-57)56-55(61)53(59)49-47-45-43-41-39-37-34-18-16-14-12-10-8-6-4-2/h33,35,40,42,51-54,57-60H,3-32,34,36-39,41,43-50H2,1-2H3,(H,56,61)/b35-33+,42-40+. The Labute approximate surface area is 380 Å². The molecule has 0 aromatic carbocycles. The maximum atomic E-state index is 12.5. The van der Waals surface area contributed by atoms with E-state index < -0.39 is 36.9 Å². The molecule has 0 aliphatic rings. The molecule has 5 N–H and O–H groups in total. The van der Waals surface area contributed by atoms with Crippen LogP contribution in [0.5, 0.6) is 0 Å². The van der Waals surface area contributed by atoms with Crippen molar-refractivity contribution >= 4 is 5.91 Å². The van der Waals surface area contributed by atoms with Crippen LogP contribution in [0, 0.1) is 0 Å². The van der Waals surface area contributed by atoms with Crippen molar-refractivity contribution in [1.82, 2.24) is 5.32 Å². The van der Waals surface area contributed by atoms with E-state index in [9.17, 15) is 25.2 Å². The average Bonchev–Trinajstić information content (AvgIpc) is 3.26. The van der Waals surface area contributed by atoms with Gasteiger partial charge in [0, 0.05) is 0 Å². The summed E-state index contributed by atoms with van der Waals surface area (Å²) in [5.41, 5.74) is 0. The second kappa shape index (κ2) is 49.8. The summed E-state index contributed by atoms with van der Waals surface area (Å²) < 4.78 is 0. The fraction of sp³-hybridized carbons (Fsp3) is 0.909. The molecule has 1 amide bonds. The summed E-state index contributed by atoms with van der Waals surface area (Å²) in [6.07, 6.45) is 59.7. The molecule has 6 nitrogen and oxygen atoms in total. The Morgan fingerprint density at radius 3 is 1.03 bits per heavy atom. The Bertz CT molecular complexity index is 924. The van der Waals surface area contributed by atoms with Crippen molar-refractivity contribution in [3.8, 4) is 0 Å². The minimum atomic E-state index is -1.29. The summed E-state index contributed by atoms with van der Waals surface area (Å²) in [5, 5.41) is 43.8. The van der Waals surface area contributed by atoms with E-state index in [4.69, 9.17) is 0 Å². The molecule has 4 unspecified atom stereocenters. The quantitative estimate of drug-likeness (QED) is 0.0309. The van der Waals surface area contributed by atoms with Crippen LogP contribution in [-0.2, 0) is 4.79 Å². The Hall–Kier alpha value is -1.21. The summed E-state index contributed by atoms with van der Waals surface area (Å²) >= 11 is 0. The van der Waals surface area contributed by atoms with Gasteiger partial charge >= 0.3 is 0 Å². The maximum Gasteiger partial charge on any atom is 0.249 e. The molecule has 0 radical (unpaired) electrons. The second-order valence-electron chi connectivity index (χ2n) is 18.9. The first-order chi connectivity index (χ1) is 30.0. The number of unbranched alkanes of at least 4 members (excludes halogenated alkanes) is 37. The highest BCUT2D eigenvalue weighted by molar-refractivity contribution is 5.80. The molecule has 362 valence electrons. The van der Waals surface area contributed by atoms with Gasteiger partial charge in [0.2, 0.25) is 5.91 Å². The number of carbonyl (C=O) groups is 1. The first kappa shape index (κ1) is 59.8. The monoisotopic (exact) mass is 862 g/mol. The normalized spacial score (nSPS) is 14.0. The van der Waals surface area contributed by atoms with Gasteiger partial charge in [-0.2, -0.15) is 0 Å². The van der Waals surface area contributed by atoms with E-state index in [1.54, 1.807) is 0 Å². The van der Waals surface area contributed by atoms with Crippen LogP contribution in [0.15, 0.2) is 24.3 Å². The first-order valence-corrected chi connectivity index (χ1v) is 27.2. The molecule has 0 aromatic heterocycles. The van der Waals surface area contributed by atoms with Gasteiger partial charge in [-0.05, 0) is 51.4 Å². The largest absolute Gasteiger partial charge is 0.394 e. The number of hydrogen-bond acceptors (Lipinski definition) is 5. The summed E-state index contributed by atoms with van der Waals surface area (Å²) in [6.45, 7) is 4.06. The number of carbonyl (C=O) groups excluding carboxylic acids is 1. The SMILES string of the molecule is CCCCCCCCCCCCCCCCCCCCCCC/C=C/CC/C=C/CCCC(O)C(O)C(CO)NC(=O)C(O)CCCCCCCCCCCCCCCCC. The molecule has 4 atom stereocenters. The third-order valence-corrected chi connectivity index (χ3v) is 12.9. The number of amides is 1. The summed E-state index contributed by atoms with van der Waals surface area (Å²) in [4.78, 5) is 12.5. The molecule has 0 aliphatic heterocycles. The molecule has 0 aliphatic carbocycles. The van der Waals surface area contributed by atoms with Gasteiger partial charge < -0.3 is 25.7 Å². The molecule has 0 aromatic rings. The fourth-order valence-electron chi connectivity index (χ4n) is 8.60. The summed E-state index contributed by atoms with van der Waals surface area (Å²) in [6, 6.07) is -1.01. The molecular weight excluding hydrogens is 755 g/mol. The highest BCUT2D eigenvalue weighted by Gasteiger charge is 2.28. The Morgan fingerprint density at radius 1 is 0.393 bits per heavy atom. The van der Waals surface area contributed by atoms with Gasteiger partial charge in [-0.25, -0.2) is 0 Å². The minimum Gasteiger partial charge on any atom is -0.394 e. The van der Waals surface area contributed by atoms with Crippen LogP contribution in [-0.4, -0.2) is 57.3 Å².